The molecule has 0 aliphatic carbocycles. The van der Waals surface area contributed by atoms with Crippen LogP contribution in [-0.4, -0.2) is 29.4 Å². The van der Waals surface area contributed by atoms with Crippen LogP contribution in [-0.2, 0) is 4.79 Å². The fraction of sp³-hybridized carbons (Fsp3) is 0.231. The van der Waals surface area contributed by atoms with Gasteiger partial charge in [0.05, 0.1) is 5.56 Å². The fourth-order valence-corrected chi connectivity index (χ4v) is 4.79. The van der Waals surface area contributed by atoms with Gasteiger partial charge in [0.2, 0.25) is 5.91 Å². The monoisotopic (exact) mass is 463 g/mol. The van der Waals surface area contributed by atoms with Gasteiger partial charge in [0.1, 0.15) is 11.9 Å². The topological polar surface area (TPSA) is 74.0 Å². The Balaban J connectivity index is 1.52. The maximum Gasteiger partial charge on any atom is 0.254 e. The zero-order chi connectivity index (χ0) is 23.4. The lowest BCUT2D eigenvalue weighted by atomic mass is 9.96. The van der Waals surface area contributed by atoms with Gasteiger partial charge < -0.3 is 15.6 Å². The molecule has 2 amide bonds. The van der Waals surface area contributed by atoms with Crippen molar-refractivity contribution in [1.82, 2.24) is 15.6 Å². The molecule has 2 aromatic carbocycles. The Kier molecular flexibility index (Phi) is 6.89. The van der Waals surface area contributed by atoms with Gasteiger partial charge >= 0.3 is 0 Å². The molecule has 2 atom stereocenters. The number of aromatic nitrogens is 1. The molecule has 2 unspecified atom stereocenters. The van der Waals surface area contributed by atoms with E-state index in [2.05, 4.69) is 27.8 Å². The number of hydrogen-bond donors (Lipinski definition) is 3. The second-order valence-corrected chi connectivity index (χ2v) is 9.26. The SMILES string of the molecule is CC(C)C(NC(=O)c1ccccc1F)C(=O)NCC(c1cccs1)c1c[nH]c2ccccc12. The molecule has 0 bridgehead atoms. The Morgan fingerprint density at radius 3 is 2.52 bits per heavy atom. The molecule has 7 heteroatoms. The Labute approximate surface area is 196 Å². The van der Waals surface area contributed by atoms with Crippen molar-refractivity contribution in [1.29, 1.82) is 0 Å². The molecule has 0 spiro atoms. The minimum atomic E-state index is -0.788. The zero-order valence-corrected chi connectivity index (χ0v) is 19.3. The summed E-state index contributed by atoms with van der Waals surface area (Å²) in [7, 11) is 0. The highest BCUT2D eigenvalue weighted by Crippen LogP contribution is 2.32. The summed E-state index contributed by atoms with van der Waals surface area (Å²) in [5.41, 5.74) is 2.06. The molecule has 0 aliphatic heterocycles. The molecule has 0 radical (unpaired) electrons. The predicted octanol–water partition coefficient (Wildman–Crippen LogP) is 5.07. The number of H-pyrrole nitrogens is 1. The number of carbonyl (C=O) groups excluding carboxylic acids is 2. The van der Waals surface area contributed by atoms with Gasteiger partial charge in [0.25, 0.3) is 5.91 Å². The Morgan fingerprint density at radius 1 is 1.03 bits per heavy atom. The summed E-state index contributed by atoms with van der Waals surface area (Å²) >= 11 is 1.64. The number of benzene rings is 2. The van der Waals surface area contributed by atoms with Gasteiger partial charge in [-0.05, 0) is 41.1 Å². The lowest BCUT2D eigenvalue weighted by Crippen LogP contribution is -2.50. The Morgan fingerprint density at radius 2 is 1.79 bits per heavy atom. The van der Waals surface area contributed by atoms with E-state index in [0.717, 1.165) is 21.3 Å². The number of para-hydroxylation sites is 1. The third kappa shape index (κ3) is 4.98. The lowest BCUT2D eigenvalue weighted by molar-refractivity contribution is -0.123. The minimum absolute atomic E-state index is 0.0415. The van der Waals surface area contributed by atoms with Gasteiger partial charge in [-0.15, -0.1) is 11.3 Å². The smallest absolute Gasteiger partial charge is 0.254 e. The highest BCUT2D eigenvalue weighted by Gasteiger charge is 2.27. The molecule has 2 heterocycles. The van der Waals surface area contributed by atoms with Crippen molar-refractivity contribution in [3.63, 3.8) is 0 Å². The van der Waals surface area contributed by atoms with Crippen LogP contribution >= 0.6 is 11.3 Å². The molecule has 3 N–H and O–H groups in total. The molecule has 0 saturated heterocycles. The van der Waals surface area contributed by atoms with E-state index in [1.54, 1.807) is 17.4 Å². The first-order chi connectivity index (χ1) is 16.0. The number of carbonyl (C=O) groups is 2. The van der Waals surface area contributed by atoms with Gasteiger partial charge in [-0.1, -0.05) is 50.2 Å². The molecular formula is C26H26FN3O2S. The average molecular weight is 464 g/mol. The Bertz CT molecular complexity index is 1250. The van der Waals surface area contributed by atoms with Crippen LogP contribution in [0.15, 0.2) is 72.2 Å². The Hall–Kier alpha value is -3.45. The van der Waals surface area contributed by atoms with Gasteiger partial charge in [0, 0.05) is 34.4 Å². The van der Waals surface area contributed by atoms with Crippen molar-refractivity contribution in [2.45, 2.75) is 25.8 Å². The molecule has 170 valence electrons. The highest BCUT2D eigenvalue weighted by atomic mass is 32.1. The molecule has 0 saturated carbocycles. The van der Waals surface area contributed by atoms with E-state index in [1.807, 2.05) is 49.7 Å². The second-order valence-electron chi connectivity index (χ2n) is 8.28. The molecule has 5 nitrogen and oxygen atoms in total. The number of rotatable bonds is 8. The van der Waals surface area contributed by atoms with Crippen molar-refractivity contribution < 1.29 is 14.0 Å². The number of halogens is 1. The van der Waals surface area contributed by atoms with E-state index < -0.39 is 17.8 Å². The number of nitrogens with one attached hydrogen (secondary N) is 3. The molecule has 2 aromatic heterocycles. The zero-order valence-electron chi connectivity index (χ0n) is 18.5. The van der Waals surface area contributed by atoms with E-state index in [0.29, 0.717) is 6.54 Å². The van der Waals surface area contributed by atoms with Gasteiger partial charge in [-0.25, -0.2) is 4.39 Å². The number of thiophene rings is 1. The standard InChI is InChI=1S/C26H26FN3O2S/c1-16(2)24(30-25(31)18-9-3-5-10-21(18)27)26(32)29-15-20(23-12-7-13-33-23)19-14-28-22-11-6-4-8-17(19)22/h3-14,16,20,24,28H,15H2,1-2H3,(H,29,32)(H,30,31). The van der Waals surface area contributed by atoms with E-state index in [9.17, 15) is 14.0 Å². The maximum absolute atomic E-state index is 14.0. The van der Waals surface area contributed by atoms with Crippen LogP contribution in [0.3, 0.4) is 0 Å². The minimum Gasteiger partial charge on any atom is -0.361 e. The van der Waals surface area contributed by atoms with Crippen LogP contribution in [0.1, 0.15) is 40.6 Å². The molecule has 33 heavy (non-hydrogen) atoms. The third-order valence-corrected chi connectivity index (χ3v) is 6.70. The number of aromatic amines is 1. The normalized spacial score (nSPS) is 13.1. The summed E-state index contributed by atoms with van der Waals surface area (Å²) in [6.07, 6.45) is 1.99. The van der Waals surface area contributed by atoms with Gasteiger partial charge in [-0.3, -0.25) is 9.59 Å². The van der Waals surface area contributed by atoms with Crippen LogP contribution in [0.4, 0.5) is 4.39 Å². The first-order valence-corrected chi connectivity index (χ1v) is 11.8. The van der Waals surface area contributed by atoms with E-state index in [-0.39, 0.29) is 23.3 Å². The summed E-state index contributed by atoms with van der Waals surface area (Å²) in [6.45, 7) is 4.07. The quantitative estimate of drug-likeness (QED) is 0.341. The van der Waals surface area contributed by atoms with Crippen molar-refractivity contribution in [3.8, 4) is 0 Å². The maximum atomic E-state index is 14.0. The van der Waals surface area contributed by atoms with Gasteiger partial charge in [0.15, 0.2) is 0 Å². The number of amides is 2. The second kappa shape index (κ2) is 10.0. The van der Waals surface area contributed by atoms with E-state index in [1.165, 1.54) is 18.2 Å². The van der Waals surface area contributed by atoms with Crippen molar-refractivity contribution in [2.75, 3.05) is 6.54 Å². The lowest BCUT2D eigenvalue weighted by Gasteiger charge is -2.24. The van der Waals surface area contributed by atoms with E-state index in [4.69, 9.17) is 0 Å². The van der Waals surface area contributed by atoms with Crippen LogP contribution in [0.25, 0.3) is 10.9 Å². The first kappa shape index (κ1) is 22.7. The average Bonchev–Trinajstić information content (AvgIpc) is 3.48. The summed E-state index contributed by atoms with van der Waals surface area (Å²) in [4.78, 5) is 30.2. The first-order valence-electron chi connectivity index (χ1n) is 10.9. The third-order valence-electron chi connectivity index (χ3n) is 5.72. The van der Waals surface area contributed by atoms with Crippen LogP contribution in [0.2, 0.25) is 0 Å². The van der Waals surface area contributed by atoms with E-state index >= 15 is 0 Å². The van der Waals surface area contributed by atoms with Gasteiger partial charge in [-0.2, -0.15) is 0 Å². The van der Waals surface area contributed by atoms with Crippen LogP contribution in [0.5, 0.6) is 0 Å². The number of fused-ring (bicyclic) bond motifs is 1. The summed E-state index contributed by atoms with van der Waals surface area (Å²) in [5, 5.41) is 8.85. The predicted molar refractivity (Wildman–Crippen MR) is 130 cm³/mol. The largest absolute Gasteiger partial charge is 0.361 e. The summed E-state index contributed by atoms with van der Waals surface area (Å²) < 4.78 is 14.0. The molecule has 0 fully saturated rings. The highest BCUT2D eigenvalue weighted by molar-refractivity contribution is 7.10. The molecule has 4 aromatic rings. The van der Waals surface area contributed by atoms with Crippen molar-refractivity contribution >= 4 is 34.1 Å². The van der Waals surface area contributed by atoms with Crippen molar-refractivity contribution in [3.05, 3.63) is 94.1 Å². The van der Waals surface area contributed by atoms with Crippen LogP contribution < -0.4 is 10.6 Å². The molecule has 4 rings (SSSR count). The van der Waals surface area contributed by atoms with Crippen LogP contribution in [0, 0.1) is 11.7 Å². The molecule has 0 aliphatic rings. The van der Waals surface area contributed by atoms with Crippen molar-refractivity contribution in [2.24, 2.45) is 5.92 Å². The summed E-state index contributed by atoms with van der Waals surface area (Å²) in [6, 6.07) is 17.1. The molecular weight excluding hydrogens is 437 g/mol. The summed E-state index contributed by atoms with van der Waals surface area (Å²) in [5.74, 6) is -1.73. The number of hydrogen-bond acceptors (Lipinski definition) is 3. The fourth-order valence-electron chi connectivity index (χ4n) is 3.95.